The van der Waals surface area contributed by atoms with Gasteiger partial charge in [-0.05, 0) is 45.1 Å². The van der Waals surface area contributed by atoms with Gasteiger partial charge in [0.25, 0.3) is 0 Å². The van der Waals surface area contributed by atoms with E-state index in [0.717, 1.165) is 17.2 Å². The van der Waals surface area contributed by atoms with Crippen LogP contribution in [0.3, 0.4) is 0 Å². The number of para-hydroxylation sites is 1. The molecule has 5 aromatic carbocycles. The molecule has 43 heavy (non-hydrogen) atoms. The molecular formula is C39H31N3Si. The first-order chi connectivity index (χ1) is 20.9. The van der Waals surface area contributed by atoms with E-state index in [4.69, 9.17) is 9.97 Å². The van der Waals surface area contributed by atoms with Gasteiger partial charge in [-0.25, -0.2) is 9.97 Å². The lowest BCUT2D eigenvalue weighted by Gasteiger charge is -2.22. The minimum absolute atomic E-state index is 0.120. The summed E-state index contributed by atoms with van der Waals surface area (Å²) in [5.41, 5.74) is 11.3. The quantitative estimate of drug-likeness (QED) is 0.196. The maximum Gasteiger partial charge on any atom is 0.161 e. The van der Waals surface area contributed by atoms with Gasteiger partial charge in [-0.3, -0.25) is 4.57 Å². The number of aromatic nitrogens is 3. The lowest BCUT2D eigenvalue weighted by atomic mass is 9.80. The molecule has 0 amide bonds. The first kappa shape index (κ1) is 24.8. The van der Waals surface area contributed by atoms with E-state index in [-0.39, 0.29) is 5.41 Å². The van der Waals surface area contributed by atoms with Gasteiger partial charge in [0.2, 0.25) is 0 Å². The van der Waals surface area contributed by atoms with E-state index in [1.807, 2.05) is 0 Å². The van der Waals surface area contributed by atoms with Crippen molar-refractivity contribution in [3.8, 4) is 39.5 Å². The van der Waals surface area contributed by atoms with Crippen molar-refractivity contribution in [1.82, 2.24) is 14.5 Å². The fourth-order valence-electron chi connectivity index (χ4n) is 7.96. The molecule has 3 nitrogen and oxygen atoms in total. The highest BCUT2D eigenvalue weighted by atomic mass is 28.3. The van der Waals surface area contributed by atoms with Crippen molar-refractivity contribution >= 4 is 40.4 Å². The first-order valence-electron chi connectivity index (χ1n) is 15.1. The van der Waals surface area contributed by atoms with Gasteiger partial charge in [0.05, 0.1) is 11.0 Å². The van der Waals surface area contributed by atoms with Crippen LogP contribution < -0.4 is 10.5 Å². The average Bonchev–Trinajstić information content (AvgIpc) is 3.58. The highest BCUT2D eigenvalue weighted by molar-refractivity contribution is 7.03. The Morgan fingerprint density at radius 2 is 1.33 bits per heavy atom. The molecule has 0 spiro atoms. The molecule has 0 fully saturated rings. The summed E-state index contributed by atoms with van der Waals surface area (Å²) in [6.45, 7) is 9.62. The maximum atomic E-state index is 5.47. The fraction of sp³-hybridized carbons (Fsp3) is 0.128. The predicted octanol–water partition coefficient (Wildman–Crippen LogP) is 8.35. The largest absolute Gasteiger partial charge is 0.293 e. The molecule has 2 aliphatic rings. The normalized spacial score (nSPS) is 15.3. The molecule has 1 aliphatic heterocycles. The van der Waals surface area contributed by atoms with E-state index in [0.29, 0.717) is 0 Å². The third-order valence-electron chi connectivity index (χ3n) is 9.95. The Bertz CT molecular complexity index is 2290. The molecule has 3 heterocycles. The van der Waals surface area contributed by atoms with Gasteiger partial charge in [-0.15, -0.1) is 0 Å². The summed E-state index contributed by atoms with van der Waals surface area (Å²) in [4.78, 5) is 10.8. The third-order valence-corrected chi connectivity index (χ3v) is 13.3. The molecule has 2 aromatic heterocycles. The van der Waals surface area contributed by atoms with Crippen LogP contribution in [0.15, 0.2) is 115 Å². The van der Waals surface area contributed by atoms with E-state index < -0.39 is 8.07 Å². The zero-order valence-corrected chi connectivity index (χ0v) is 25.8. The molecule has 0 saturated carbocycles. The smallest absolute Gasteiger partial charge is 0.161 e. The van der Waals surface area contributed by atoms with Crippen LogP contribution in [0.25, 0.3) is 61.3 Å². The molecule has 4 heteroatoms. The van der Waals surface area contributed by atoms with E-state index in [9.17, 15) is 0 Å². The summed E-state index contributed by atoms with van der Waals surface area (Å²) < 4.78 is 2.43. The van der Waals surface area contributed by atoms with Crippen molar-refractivity contribution in [1.29, 1.82) is 0 Å². The van der Waals surface area contributed by atoms with E-state index in [1.165, 1.54) is 65.7 Å². The summed E-state index contributed by atoms with van der Waals surface area (Å²) in [6, 6.07) is 41.8. The summed E-state index contributed by atoms with van der Waals surface area (Å²) >= 11 is 0. The Hall–Kier alpha value is -4.80. The van der Waals surface area contributed by atoms with Gasteiger partial charge in [0.15, 0.2) is 5.82 Å². The van der Waals surface area contributed by atoms with Crippen molar-refractivity contribution < 1.29 is 0 Å². The predicted molar refractivity (Wildman–Crippen MR) is 182 cm³/mol. The summed E-state index contributed by atoms with van der Waals surface area (Å²) in [5, 5.41) is 5.25. The molecule has 9 rings (SSSR count). The second kappa shape index (κ2) is 8.39. The summed E-state index contributed by atoms with van der Waals surface area (Å²) in [6.07, 6.45) is 0. The molecule has 0 atom stereocenters. The monoisotopic (exact) mass is 569 g/mol. The zero-order chi connectivity index (χ0) is 29.1. The van der Waals surface area contributed by atoms with E-state index in [2.05, 4.69) is 147 Å². The topological polar surface area (TPSA) is 30.7 Å². The van der Waals surface area contributed by atoms with Crippen LogP contribution in [-0.4, -0.2) is 22.6 Å². The fourth-order valence-corrected chi connectivity index (χ4v) is 10.9. The number of nitrogens with zero attached hydrogens (tertiary/aromatic N) is 3. The van der Waals surface area contributed by atoms with E-state index in [1.54, 1.807) is 0 Å². The highest BCUT2D eigenvalue weighted by Crippen LogP contribution is 2.53. The molecule has 0 bridgehead atoms. The standard InChI is InChI=1S/C39H31N3Si/c1-39(2)29-19-11-8-16-25(29)26-22-23-31-33(35(26)39)27-17-9-12-20-30(27)42(31)37-34-28-18-10-13-21-32(28)43(3,4)38(34)41-36(40-37)24-14-6-5-7-15-24/h5-23H,1-4H3. The average molecular weight is 570 g/mol. The molecule has 7 aromatic rings. The van der Waals surface area contributed by atoms with Gasteiger partial charge in [-0.2, -0.15) is 0 Å². The minimum atomic E-state index is -2.07. The Morgan fingerprint density at radius 3 is 2.16 bits per heavy atom. The lowest BCUT2D eigenvalue weighted by Crippen LogP contribution is -2.51. The first-order valence-corrected chi connectivity index (χ1v) is 18.1. The van der Waals surface area contributed by atoms with Crippen molar-refractivity contribution in [2.24, 2.45) is 0 Å². The van der Waals surface area contributed by atoms with Crippen LogP contribution in [0.4, 0.5) is 0 Å². The van der Waals surface area contributed by atoms with E-state index >= 15 is 0 Å². The maximum absolute atomic E-state index is 5.47. The Labute approximate surface area is 252 Å². The number of hydrogen-bond acceptors (Lipinski definition) is 2. The lowest BCUT2D eigenvalue weighted by molar-refractivity contribution is 0.666. The number of fused-ring (bicyclic) bond motifs is 10. The number of hydrogen-bond donors (Lipinski definition) is 0. The van der Waals surface area contributed by atoms with Crippen LogP contribution in [0.1, 0.15) is 25.0 Å². The second-order valence-corrected chi connectivity index (χ2v) is 17.3. The number of benzene rings is 5. The second-order valence-electron chi connectivity index (χ2n) is 13.0. The Kier molecular flexibility index (Phi) is 4.83. The van der Waals surface area contributed by atoms with Crippen LogP contribution in [0.5, 0.6) is 0 Å². The SMILES string of the molecule is CC1(C)c2ccccc2-c2ccc3c(c21)c1ccccc1n3-c1nc(-c2ccccc2)nc2c1-c1ccccc1[Si]2(C)C. The van der Waals surface area contributed by atoms with Crippen molar-refractivity contribution in [2.45, 2.75) is 32.4 Å². The van der Waals surface area contributed by atoms with Crippen LogP contribution >= 0.6 is 0 Å². The summed E-state index contributed by atoms with van der Waals surface area (Å²) in [5.74, 6) is 1.77. The van der Waals surface area contributed by atoms with Gasteiger partial charge in [0, 0.05) is 32.6 Å². The van der Waals surface area contributed by atoms with Gasteiger partial charge in [0.1, 0.15) is 13.9 Å². The van der Waals surface area contributed by atoms with Crippen molar-refractivity contribution in [3.05, 3.63) is 126 Å². The molecular weight excluding hydrogens is 539 g/mol. The van der Waals surface area contributed by atoms with Crippen LogP contribution in [0.2, 0.25) is 13.1 Å². The molecule has 206 valence electrons. The van der Waals surface area contributed by atoms with Gasteiger partial charge in [-0.1, -0.05) is 130 Å². The third kappa shape index (κ3) is 3.14. The van der Waals surface area contributed by atoms with Crippen LogP contribution in [0, 0.1) is 0 Å². The summed E-state index contributed by atoms with van der Waals surface area (Å²) in [7, 11) is -2.07. The highest BCUT2D eigenvalue weighted by Gasteiger charge is 2.43. The molecule has 0 N–H and O–H groups in total. The zero-order valence-electron chi connectivity index (χ0n) is 24.8. The van der Waals surface area contributed by atoms with Crippen molar-refractivity contribution in [3.63, 3.8) is 0 Å². The molecule has 0 unspecified atom stereocenters. The molecule has 0 saturated heterocycles. The Morgan fingerprint density at radius 1 is 0.628 bits per heavy atom. The van der Waals surface area contributed by atoms with Gasteiger partial charge < -0.3 is 0 Å². The minimum Gasteiger partial charge on any atom is -0.293 e. The van der Waals surface area contributed by atoms with Crippen LogP contribution in [-0.2, 0) is 5.41 Å². The van der Waals surface area contributed by atoms with Crippen molar-refractivity contribution in [2.75, 3.05) is 0 Å². The van der Waals surface area contributed by atoms with Gasteiger partial charge >= 0.3 is 0 Å². The molecule has 1 aliphatic carbocycles. The Balaban J connectivity index is 1.46. The number of rotatable bonds is 2. The molecule has 0 radical (unpaired) electrons.